The van der Waals surface area contributed by atoms with E-state index in [4.69, 9.17) is 0 Å². The smallest absolute Gasteiger partial charge is 0.317 e. The van der Waals surface area contributed by atoms with Gasteiger partial charge in [-0.2, -0.15) is 11.8 Å². The van der Waals surface area contributed by atoms with Gasteiger partial charge in [0.05, 0.1) is 0 Å². The van der Waals surface area contributed by atoms with E-state index in [0.29, 0.717) is 18.1 Å². The van der Waals surface area contributed by atoms with Crippen molar-refractivity contribution in [2.75, 3.05) is 30.3 Å². The molecule has 6 heteroatoms. The number of hydrogen-bond donors (Lipinski definition) is 1. The molecule has 0 bridgehead atoms. The Labute approximate surface area is 139 Å². The third-order valence-corrected chi connectivity index (χ3v) is 6.04. The lowest BCUT2D eigenvalue weighted by Gasteiger charge is -2.26. The summed E-state index contributed by atoms with van der Waals surface area (Å²) in [5, 5.41) is 2.91. The molecule has 2 rings (SSSR count). The van der Waals surface area contributed by atoms with E-state index in [1.165, 1.54) is 0 Å². The standard InChI is InChI=1S/C16H24N2O2S2/c1-14-7-10-21-11-9-18(14)16(19)17-8-12-22(20)13-15-5-3-2-4-6-15/h2-6,14H,7-13H2,1H3,(H,17,19)/t14-,22-/m0/s1. The molecule has 1 aromatic rings. The second-order valence-corrected chi connectivity index (χ2v) is 8.25. The topological polar surface area (TPSA) is 49.4 Å². The normalized spacial score (nSPS) is 20.2. The molecule has 0 unspecified atom stereocenters. The average molecular weight is 341 g/mol. The van der Waals surface area contributed by atoms with Crippen molar-refractivity contribution in [1.82, 2.24) is 10.2 Å². The highest BCUT2D eigenvalue weighted by molar-refractivity contribution is 7.99. The maximum atomic E-state index is 12.2. The Morgan fingerprint density at radius 1 is 1.36 bits per heavy atom. The number of thioether (sulfide) groups is 1. The van der Waals surface area contributed by atoms with Crippen molar-refractivity contribution in [3.8, 4) is 0 Å². The van der Waals surface area contributed by atoms with Gasteiger partial charge in [0.2, 0.25) is 0 Å². The second-order valence-electron chi connectivity index (χ2n) is 5.45. The first-order valence-corrected chi connectivity index (χ1v) is 10.3. The summed E-state index contributed by atoms with van der Waals surface area (Å²) in [5.74, 6) is 3.16. The van der Waals surface area contributed by atoms with Gasteiger partial charge >= 0.3 is 6.03 Å². The molecule has 0 saturated carbocycles. The number of urea groups is 1. The van der Waals surface area contributed by atoms with E-state index < -0.39 is 10.8 Å². The molecule has 4 nitrogen and oxygen atoms in total. The summed E-state index contributed by atoms with van der Waals surface area (Å²) >= 11 is 1.90. The van der Waals surface area contributed by atoms with E-state index >= 15 is 0 Å². The molecule has 0 aromatic heterocycles. The zero-order chi connectivity index (χ0) is 15.8. The summed E-state index contributed by atoms with van der Waals surface area (Å²) in [7, 11) is -0.942. The van der Waals surface area contributed by atoms with Gasteiger partial charge in [-0.15, -0.1) is 0 Å². The molecule has 122 valence electrons. The third kappa shape index (κ3) is 5.65. The fourth-order valence-corrected chi connectivity index (χ4v) is 4.48. The molecule has 1 aliphatic heterocycles. The molecular formula is C16H24N2O2S2. The Balaban J connectivity index is 1.71. The zero-order valence-electron chi connectivity index (χ0n) is 13.0. The lowest BCUT2D eigenvalue weighted by molar-refractivity contribution is 0.184. The van der Waals surface area contributed by atoms with Crippen LogP contribution >= 0.6 is 11.8 Å². The van der Waals surface area contributed by atoms with Gasteiger partial charge in [-0.1, -0.05) is 30.3 Å². The van der Waals surface area contributed by atoms with Crippen LogP contribution < -0.4 is 5.32 Å². The van der Waals surface area contributed by atoms with Gasteiger partial charge in [0.25, 0.3) is 0 Å². The molecule has 1 aliphatic rings. The fraction of sp³-hybridized carbons (Fsp3) is 0.562. The monoisotopic (exact) mass is 340 g/mol. The van der Waals surface area contributed by atoms with Crippen LogP contribution in [0, 0.1) is 0 Å². The number of nitrogens with zero attached hydrogens (tertiary/aromatic N) is 1. The molecule has 1 fully saturated rings. The van der Waals surface area contributed by atoms with Gasteiger partial charge in [0.1, 0.15) is 0 Å². The van der Waals surface area contributed by atoms with Crippen LogP contribution in [0.1, 0.15) is 18.9 Å². The van der Waals surface area contributed by atoms with Crippen molar-refractivity contribution >= 4 is 28.6 Å². The van der Waals surface area contributed by atoms with Gasteiger partial charge in [-0.3, -0.25) is 4.21 Å². The highest BCUT2D eigenvalue weighted by Crippen LogP contribution is 2.15. The van der Waals surface area contributed by atoms with E-state index in [2.05, 4.69) is 12.2 Å². The molecule has 1 heterocycles. The maximum absolute atomic E-state index is 12.2. The molecule has 1 N–H and O–H groups in total. The Hall–Kier alpha value is -1.01. The van der Waals surface area contributed by atoms with Crippen LogP contribution in [-0.4, -0.2) is 51.5 Å². The second kappa shape index (κ2) is 9.20. The summed E-state index contributed by atoms with van der Waals surface area (Å²) in [6, 6.07) is 10.1. The van der Waals surface area contributed by atoms with Gasteiger partial charge in [-0.05, 0) is 24.7 Å². The number of carbonyl (C=O) groups excluding carboxylic acids is 1. The van der Waals surface area contributed by atoms with Crippen molar-refractivity contribution < 1.29 is 9.00 Å². The lowest BCUT2D eigenvalue weighted by atomic mass is 10.2. The van der Waals surface area contributed by atoms with E-state index in [0.717, 1.165) is 30.0 Å². The number of benzene rings is 1. The Kier molecular flexibility index (Phi) is 7.25. The molecule has 1 aromatic carbocycles. The predicted molar refractivity (Wildman–Crippen MR) is 94.7 cm³/mol. The number of nitrogens with one attached hydrogen (secondary N) is 1. The number of hydrogen-bond acceptors (Lipinski definition) is 3. The minimum absolute atomic E-state index is 0.0216. The van der Waals surface area contributed by atoms with Gasteiger partial charge in [-0.25, -0.2) is 4.79 Å². The first-order valence-electron chi connectivity index (χ1n) is 7.68. The Bertz CT molecular complexity index is 496. The summed E-state index contributed by atoms with van der Waals surface area (Å²) in [5.41, 5.74) is 1.07. The van der Waals surface area contributed by atoms with E-state index in [-0.39, 0.29) is 12.1 Å². The van der Waals surface area contributed by atoms with Crippen LogP contribution in [0.5, 0.6) is 0 Å². The summed E-state index contributed by atoms with van der Waals surface area (Å²) in [6.07, 6.45) is 1.04. The number of carbonyl (C=O) groups is 1. The molecular weight excluding hydrogens is 316 g/mol. The number of amides is 2. The van der Waals surface area contributed by atoms with E-state index in [1.807, 2.05) is 47.0 Å². The highest BCUT2D eigenvalue weighted by Gasteiger charge is 2.21. The quantitative estimate of drug-likeness (QED) is 0.896. The van der Waals surface area contributed by atoms with Crippen molar-refractivity contribution in [1.29, 1.82) is 0 Å². The molecule has 1 saturated heterocycles. The van der Waals surface area contributed by atoms with Crippen LogP contribution in [0.3, 0.4) is 0 Å². The van der Waals surface area contributed by atoms with Gasteiger partial charge in [0.15, 0.2) is 0 Å². The lowest BCUT2D eigenvalue weighted by Crippen LogP contribution is -2.46. The Morgan fingerprint density at radius 2 is 2.14 bits per heavy atom. The van der Waals surface area contributed by atoms with Gasteiger partial charge in [0, 0.05) is 47.2 Å². The minimum atomic E-state index is -0.942. The largest absolute Gasteiger partial charge is 0.337 e. The molecule has 2 amide bonds. The minimum Gasteiger partial charge on any atom is -0.337 e. The van der Waals surface area contributed by atoms with E-state index in [9.17, 15) is 9.00 Å². The summed E-state index contributed by atoms with van der Waals surface area (Å²) in [6.45, 7) is 3.36. The molecule has 0 radical (unpaired) electrons. The first-order chi connectivity index (χ1) is 10.7. The summed E-state index contributed by atoms with van der Waals surface area (Å²) in [4.78, 5) is 14.1. The summed E-state index contributed by atoms with van der Waals surface area (Å²) < 4.78 is 12.0. The van der Waals surface area contributed by atoms with Crippen molar-refractivity contribution in [3.63, 3.8) is 0 Å². The SMILES string of the molecule is C[C@H]1CCSCCN1C(=O)NCC[S@](=O)Cc1ccccc1. The molecule has 0 spiro atoms. The average Bonchev–Trinajstić information content (AvgIpc) is 2.72. The molecule has 22 heavy (non-hydrogen) atoms. The fourth-order valence-electron chi connectivity index (χ4n) is 2.40. The van der Waals surface area contributed by atoms with Crippen LogP contribution in [-0.2, 0) is 16.6 Å². The maximum Gasteiger partial charge on any atom is 0.317 e. The van der Waals surface area contributed by atoms with Crippen LogP contribution in [0.2, 0.25) is 0 Å². The zero-order valence-corrected chi connectivity index (χ0v) is 14.6. The predicted octanol–water partition coefficient (Wildman–Crippen LogP) is 2.47. The highest BCUT2D eigenvalue weighted by atomic mass is 32.2. The van der Waals surface area contributed by atoms with Crippen molar-refractivity contribution in [2.24, 2.45) is 0 Å². The Morgan fingerprint density at radius 3 is 2.91 bits per heavy atom. The van der Waals surface area contributed by atoms with Gasteiger partial charge < -0.3 is 10.2 Å². The third-order valence-electron chi connectivity index (χ3n) is 3.73. The van der Waals surface area contributed by atoms with Crippen LogP contribution in [0.25, 0.3) is 0 Å². The molecule has 0 aliphatic carbocycles. The van der Waals surface area contributed by atoms with Crippen LogP contribution in [0.15, 0.2) is 30.3 Å². The van der Waals surface area contributed by atoms with E-state index in [1.54, 1.807) is 0 Å². The van der Waals surface area contributed by atoms with Crippen molar-refractivity contribution in [3.05, 3.63) is 35.9 Å². The molecule has 2 atom stereocenters. The van der Waals surface area contributed by atoms with Crippen molar-refractivity contribution in [2.45, 2.75) is 25.1 Å². The number of rotatable bonds is 5. The first kappa shape index (κ1) is 17.3. The van der Waals surface area contributed by atoms with Crippen LogP contribution in [0.4, 0.5) is 4.79 Å².